The van der Waals surface area contributed by atoms with Gasteiger partial charge in [-0.15, -0.1) is 11.8 Å². The predicted octanol–water partition coefficient (Wildman–Crippen LogP) is 3.02. The predicted molar refractivity (Wildman–Crippen MR) is 83.3 cm³/mol. The topological polar surface area (TPSA) is 57.6 Å². The van der Waals surface area contributed by atoms with Gasteiger partial charge in [0.2, 0.25) is 5.91 Å². The van der Waals surface area contributed by atoms with Crippen LogP contribution in [0.1, 0.15) is 26.2 Å². The highest BCUT2D eigenvalue weighted by Gasteiger charge is 2.34. The van der Waals surface area contributed by atoms with Gasteiger partial charge in [-0.2, -0.15) is 0 Å². The summed E-state index contributed by atoms with van der Waals surface area (Å²) in [7, 11) is 0. The second-order valence-corrected chi connectivity index (χ2v) is 6.68. The summed E-state index contributed by atoms with van der Waals surface area (Å²) in [6.45, 7) is 1.86. The van der Waals surface area contributed by atoms with Crippen molar-refractivity contribution in [2.75, 3.05) is 12.3 Å². The normalized spacial score (nSPS) is 15.4. The molecular formula is C16H20FNO3S. The summed E-state index contributed by atoms with van der Waals surface area (Å²) in [6.07, 6.45) is 2.18. The fourth-order valence-electron chi connectivity index (χ4n) is 2.17. The van der Waals surface area contributed by atoms with Gasteiger partial charge in [-0.05, 0) is 25.0 Å². The molecule has 1 aliphatic rings. The van der Waals surface area contributed by atoms with Crippen molar-refractivity contribution in [3.8, 4) is 0 Å². The first kappa shape index (κ1) is 16.8. The van der Waals surface area contributed by atoms with Gasteiger partial charge < -0.3 is 10.0 Å². The Kier molecular flexibility index (Phi) is 5.83. The van der Waals surface area contributed by atoms with E-state index in [0.717, 1.165) is 12.8 Å². The number of aliphatic carboxylic acids is 1. The van der Waals surface area contributed by atoms with E-state index in [1.54, 1.807) is 30.0 Å². The fraction of sp³-hybridized carbons (Fsp3) is 0.500. The molecule has 2 rings (SSSR count). The van der Waals surface area contributed by atoms with Crippen molar-refractivity contribution in [1.29, 1.82) is 0 Å². The zero-order valence-electron chi connectivity index (χ0n) is 12.5. The number of carboxylic acids is 1. The first-order chi connectivity index (χ1) is 10.5. The number of carbonyl (C=O) groups excluding carboxylic acids is 1. The molecule has 0 heterocycles. The Hall–Kier alpha value is -1.56. The maximum atomic E-state index is 13.5. The largest absolute Gasteiger partial charge is 0.481 e. The van der Waals surface area contributed by atoms with Crippen LogP contribution in [0.25, 0.3) is 0 Å². The molecule has 0 radical (unpaired) electrons. The van der Waals surface area contributed by atoms with Gasteiger partial charge in [-0.3, -0.25) is 9.59 Å². The zero-order chi connectivity index (χ0) is 16.1. The van der Waals surface area contributed by atoms with Crippen LogP contribution < -0.4 is 0 Å². The highest BCUT2D eigenvalue weighted by molar-refractivity contribution is 7.99. The Balaban J connectivity index is 1.84. The van der Waals surface area contributed by atoms with Crippen LogP contribution in [0.4, 0.5) is 4.39 Å². The molecule has 1 atom stereocenters. The summed E-state index contributed by atoms with van der Waals surface area (Å²) >= 11 is 1.31. The second-order valence-electron chi connectivity index (χ2n) is 5.55. The highest BCUT2D eigenvalue weighted by atomic mass is 32.2. The molecule has 1 N–H and O–H groups in total. The average Bonchev–Trinajstić information content (AvgIpc) is 3.30. The number of thioether (sulfide) groups is 1. The van der Waals surface area contributed by atoms with E-state index in [4.69, 9.17) is 5.11 Å². The third kappa shape index (κ3) is 4.73. The molecule has 22 heavy (non-hydrogen) atoms. The summed E-state index contributed by atoms with van der Waals surface area (Å²) in [5.41, 5.74) is 0. The van der Waals surface area contributed by atoms with E-state index >= 15 is 0 Å². The van der Waals surface area contributed by atoms with Crippen LogP contribution in [0, 0.1) is 11.7 Å². The number of nitrogens with zero attached hydrogens (tertiary/aromatic N) is 1. The van der Waals surface area contributed by atoms with Gasteiger partial charge in [-0.1, -0.05) is 19.1 Å². The molecule has 4 nitrogen and oxygen atoms in total. The molecule has 0 aromatic heterocycles. The minimum Gasteiger partial charge on any atom is -0.481 e. The molecule has 1 aromatic rings. The van der Waals surface area contributed by atoms with Gasteiger partial charge >= 0.3 is 5.97 Å². The monoisotopic (exact) mass is 325 g/mol. The van der Waals surface area contributed by atoms with Gasteiger partial charge in [0.05, 0.1) is 5.92 Å². The highest BCUT2D eigenvalue weighted by Crippen LogP contribution is 2.29. The minimum absolute atomic E-state index is 0.0422. The molecule has 1 aliphatic carbocycles. The van der Waals surface area contributed by atoms with Crippen molar-refractivity contribution in [2.24, 2.45) is 5.92 Å². The SMILES string of the molecule is CC(CN(C(=O)CCSc1ccccc1F)C1CC1)C(=O)O. The number of rotatable bonds is 8. The summed E-state index contributed by atoms with van der Waals surface area (Å²) in [5.74, 6) is -1.29. The van der Waals surface area contributed by atoms with E-state index in [1.165, 1.54) is 17.8 Å². The molecule has 120 valence electrons. The maximum absolute atomic E-state index is 13.5. The number of hydrogen-bond donors (Lipinski definition) is 1. The third-order valence-corrected chi connectivity index (χ3v) is 4.66. The molecule has 0 aliphatic heterocycles. The number of carbonyl (C=O) groups is 2. The maximum Gasteiger partial charge on any atom is 0.308 e. The Morgan fingerprint density at radius 3 is 2.68 bits per heavy atom. The van der Waals surface area contributed by atoms with Crippen LogP contribution in [0.15, 0.2) is 29.2 Å². The van der Waals surface area contributed by atoms with Crippen LogP contribution in [0.5, 0.6) is 0 Å². The lowest BCUT2D eigenvalue weighted by molar-refractivity contribution is -0.143. The number of benzene rings is 1. The van der Waals surface area contributed by atoms with Gasteiger partial charge in [0.15, 0.2) is 0 Å². The van der Waals surface area contributed by atoms with Crippen LogP contribution >= 0.6 is 11.8 Å². The van der Waals surface area contributed by atoms with Crippen molar-refractivity contribution in [1.82, 2.24) is 4.90 Å². The minimum atomic E-state index is -0.890. The molecule has 1 fully saturated rings. The van der Waals surface area contributed by atoms with Crippen LogP contribution in [-0.4, -0.2) is 40.2 Å². The number of amides is 1. The van der Waals surface area contributed by atoms with Crippen LogP contribution in [0.3, 0.4) is 0 Å². The van der Waals surface area contributed by atoms with Crippen molar-refractivity contribution in [3.63, 3.8) is 0 Å². The lowest BCUT2D eigenvalue weighted by Gasteiger charge is -2.24. The standard InChI is InChI=1S/C16H20FNO3S/c1-11(16(20)21)10-18(12-6-7-12)15(19)8-9-22-14-5-3-2-4-13(14)17/h2-5,11-12H,6-10H2,1H3,(H,20,21). The van der Waals surface area contributed by atoms with E-state index in [-0.39, 0.29) is 24.3 Å². The number of halogens is 1. The van der Waals surface area contributed by atoms with E-state index in [1.807, 2.05) is 0 Å². The fourth-order valence-corrected chi connectivity index (χ4v) is 3.04. The Morgan fingerprint density at radius 2 is 2.09 bits per heavy atom. The van der Waals surface area contributed by atoms with E-state index in [0.29, 0.717) is 17.1 Å². The quantitative estimate of drug-likeness (QED) is 0.747. The van der Waals surface area contributed by atoms with E-state index < -0.39 is 11.9 Å². The molecule has 1 amide bonds. The lowest BCUT2D eigenvalue weighted by Crippen LogP contribution is -2.38. The Bertz CT molecular complexity index is 548. The molecule has 1 unspecified atom stereocenters. The molecular weight excluding hydrogens is 305 g/mol. The van der Waals surface area contributed by atoms with E-state index in [2.05, 4.69) is 0 Å². The molecule has 0 saturated heterocycles. The van der Waals surface area contributed by atoms with Gasteiger partial charge in [0.1, 0.15) is 5.82 Å². The van der Waals surface area contributed by atoms with E-state index in [9.17, 15) is 14.0 Å². The first-order valence-electron chi connectivity index (χ1n) is 7.38. The van der Waals surface area contributed by atoms with Crippen LogP contribution in [0.2, 0.25) is 0 Å². The smallest absolute Gasteiger partial charge is 0.308 e. The van der Waals surface area contributed by atoms with Crippen molar-refractivity contribution >= 4 is 23.6 Å². The van der Waals surface area contributed by atoms with Gasteiger partial charge in [0, 0.05) is 29.7 Å². The van der Waals surface area contributed by atoms with Crippen LogP contribution in [-0.2, 0) is 9.59 Å². The second kappa shape index (κ2) is 7.63. The van der Waals surface area contributed by atoms with Crippen molar-refractivity contribution in [3.05, 3.63) is 30.1 Å². The zero-order valence-corrected chi connectivity index (χ0v) is 13.3. The number of hydrogen-bond acceptors (Lipinski definition) is 3. The summed E-state index contributed by atoms with van der Waals surface area (Å²) in [5, 5.41) is 8.99. The average molecular weight is 325 g/mol. The molecule has 6 heteroatoms. The molecule has 0 spiro atoms. The Labute approximate surface area is 133 Å². The summed E-state index contributed by atoms with van der Waals surface area (Å²) < 4.78 is 13.5. The first-order valence-corrected chi connectivity index (χ1v) is 8.37. The summed E-state index contributed by atoms with van der Waals surface area (Å²) in [4.78, 5) is 25.5. The third-order valence-electron chi connectivity index (χ3n) is 3.61. The van der Waals surface area contributed by atoms with Crippen molar-refractivity contribution in [2.45, 2.75) is 37.1 Å². The van der Waals surface area contributed by atoms with Crippen molar-refractivity contribution < 1.29 is 19.1 Å². The van der Waals surface area contributed by atoms with Gasteiger partial charge in [0.25, 0.3) is 0 Å². The molecule has 0 bridgehead atoms. The van der Waals surface area contributed by atoms with Gasteiger partial charge in [-0.25, -0.2) is 4.39 Å². The Morgan fingerprint density at radius 1 is 1.41 bits per heavy atom. The number of carboxylic acid groups (broad SMARTS) is 1. The molecule has 1 saturated carbocycles. The molecule has 1 aromatic carbocycles. The lowest BCUT2D eigenvalue weighted by atomic mass is 10.1. The summed E-state index contributed by atoms with van der Waals surface area (Å²) in [6, 6.07) is 6.67.